The lowest BCUT2D eigenvalue weighted by Gasteiger charge is -2.42. The third-order valence-electron chi connectivity index (χ3n) is 15.2. The number of ether oxygens (including phenoxy) is 6. The SMILES string of the molecule is COC1CC2CCC(C)[C@](O)(O2)C(=O)C(=O)N2CCCCC2C(=O)OC(C(C)CC2CCC(O)C(OC)C2)CC(=O)C(C)/C=C(/C)C(OC(=O)CN(C)C)C(OC)C(=O)C(C)CC(C)\C=C/C=C/C=C/1C.CS(=O)(=O)O. The van der Waals surface area contributed by atoms with Gasteiger partial charge in [-0.25, -0.2) is 4.79 Å². The van der Waals surface area contributed by atoms with E-state index in [0.29, 0.717) is 76.0 Å². The average Bonchev–Trinajstić information content (AvgIpc) is 3.34. The average molecular weight is 1100 g/mol. The second-order valence-electron chi connectivity index (χ2n) is 22.0. The van der Waals surface area contributed by atoms with Crippen molar-refractivity contribution in [3.05, 3.63) is 47.6 Å². The zero-order valence-corrected chi connectivity index (χ0v) is 48.1. The first-order valence-electron chi connectivity index (χ1n) is 26.8. The Morgan fingerprint density at radius 1 is 0.882 bits per heavy atom. The third kappa shape index (κ3) is 20.3. The monoisotopic (exact) mass is 1090 g/mol. The maximum Gasteiger partial charge on any atom is 0.329 e. The summed E-state index contributed by atoms with van der Waals surface area (Å²) in [6.07, 6.45) is 11.7. The highest BCUT2D eigenvalue weighted by molar-refractivity contribution is 7.85. The van der Waals surface area contributed by atoms with Crippen LogP contribution < -0.4 is 0 Å². The first kappa shape index (κ1) is 66.3. The largest absolute Gasteiger partial charge is 0.460 e. The predicted molar refractivity (Wildman–Crippen MR) is 285 cm³/mol. The number of rotatable bonds is 9. The lowest BCUT2D eigenvalue weighted by atomic mass is 9.78. The van der Waals surface area contributed by atoms with E-state index >= 15 is 0 Å². The van der Waals surface area contributed by atoms with Gasteiger partial charge in [0, 0.05) is 58.5 Å². The number of piperidine rings is 1. The molecule has 1 saturated carbocycles. The number of methoxy groups -OCH3 is 3. The van der Waals surface area contributed by atoms with E-state index in [1.54, 1.807) is 60.1 Å². The molecule has 1 aliphatic carbocycles. The van der Waals surface area contributed by atoms with Crippen LogP contribution >= 0.6 is 0 Å². The van der Waals surface area contributed by atoms with Crippen LogP contribution in [-0.4, -0.2) is 178 Å². The Hall–Kier alpha value is -3.99. The van der Waals surface area contributed by atoms with Gasteiger partial charge >= 0.3 is 11.9 Å². The van der Waals surface area contributed by atoms with Gasteiger partial charge in [-0.15, -0.1) is 0 Å². The summed E-state index contributed by atoms with van der Waals surface area (Å²) >= 11 is 0. The summed E-state index contributed by atoms with van der Waals surface area (Å²) in [5.74, 6) is -8.85. The molecule has 0 aromatic carbocycles. The van der Waals surface area contributed by atoms with Crippen LogP contribution in [0.2, 0.25) is 0 Å². The summed E-state index contributed by atoms with van der Waals surface area (Å²) in [4.78, 5) is 87.9. The number of aliphatic hydroxyl groups excluding tert-OH is 1. The van der Waals surface area contributed by atoms with Crippen molar-refractivity contribution in [3.63, 3.8) is 0 Å². The van der Waals surface area contributed by atoms with Crippen molar-refractivity contribution in [2.75, 3.05) is 54.8 Å². The number of hydrogen-bond donors (Lipinski definition) is 3. The Kier molecular flexibility index (Phi) is 27.0. The van der Waals surface area contributed by atoms with E-state index in [2.05, 4.69) is 0 Å². The second-order valence-corrected chi connectivity index (χ2v) is 23.5. The minimum atomic E-state index is -3.67. The van der Waals surface area contributed by atoms with Crippen molar-refractivity contribution < 1.29 is 80.4 Å². The van der Waals surface area contributed by atoms with Crippen LogP contribution in [0.5, 0.6) is 0 Å². The molecule has 15 atom stereocenters. The van der Waals surface area contributed by atoms with Gasteiger partial charge in [-0.1, -0.05) is 71.1 Å². The van der Waals surface area contributed by atoms with E-state index in [1.165, 1.54) is 12.0 Å². The van der Waals surface area contributed by atoms with E-state index in [0.717, 1.165) is 5.57 Å². The number of likely N-dealkylation sites (N-methyl/N-ethyl adjacent to an activating group) is 1. The van der Waals surface area contributed by atoms with Crippen molar-refractivity contribution in [1.29, 1.82) is 0 Å². The van der Waals surface area contributed by atoms with Crippen molar-refractivity contribution in [3.8, 4) is 0 Å². The number of carbonyl (C=O) groups excluding carboxylic acids is 6. The molecule has 2 saturated heterocycles. The fourth-order valence-corrected chi connectivity index (χ4v) is 10.7. The molecular weight excluding hydrogens is 1000 g/mol. The quantitative estimate of drug-likeness (QED) is 0.107. The molecule has 1 amide bonds. The van der Waals surface area contributed by atoms with Gasteiger partial charge < -0.3 is 43.5 Å². The molecule has 0 radical (unpaired) electrons. The van der Waals surface area contributed by atoms with E-state index in [4.69, 9.17) is 33.0 Å². The van der Waals surface area contributed by atoms with Crippen molar-refractivity contribution in [2.45, 2.75) is 180 Å². The zero-order chi connectivity index (χ0) is 57.2. The molecule has 3 aliphatic heterocycles. The van der Waals surface area contributed by atoms with Crippen LogP contribution in [0.1, 0.15) is 126 Å². The first-order chi connectivity index (χ1) is 35.5. The zero-order valence-electron chi connectivity index (χ0n) is 47.3. The molecule has 14 unspecified atom stereocenters. The van der Waals surface area contributed by atoms with Gasteiger partial charge in [0.2, 0.25) is 5.79 Å². The Labute approximate surface area is 451 Å². The molecule has 3 fully saturated rings. The number of allylic oxidation sites excluding steroid dienone is 6. The highest BCUT2D eigenvalue weighted by atomic mass is 32.2. The van der Waals surface area contributed by atoms with Gasteiger partial charge in [-0.2, -0.15) is 8.42 Å². The molecule has 0 aromatic heterocycles. The molecule has 432 valence electrons. The summed E-state index contributed by atoms with van der Waals surface area (Å²) in [6, 6.07) is -1.17. The van der Waals surface area contributed by atoms with E-state index in [9.17, 15) is 47.4 Å². The smallest absolute Gasteiger partial charge is 0.329 e. The van der Waals surface area contributed by atoms with Crippen molar-refractivity contribution >= 4 is 45.3 Å². The number of aliphatic hydroxyl groups is 2. The molecule has 4 rings (SSSR count). The number of amides is 1. The minimum Gasteiger partial charge on any atom is -0.460 e. The van der Waals surface area contributed by atoms with Crippen LogP contribution in [-0.2, 0) is 67.3 Å². The summed E-state index contributed by atoms with van der Waals surface area (Å²) in [7, 11) is 4.31. The van der Waals surface area contributed by atoms with Gasteiger partial charge in [-0.3, -0.25) is 33.4 Å². The molecule has 4 aliphatic rings. The number of Topliss-reactive ketones (excluding diaryl/α,β-unsaturated/α-hetero) is 3. The van der Waals surface area contributed by atoms with E-state index < -0.39 is 100.0 Å². The standard InChI is InChI=1S/C55H86N2O14.CH4O3S/c1-33-18-14-13-15-19-34(2)45(66-10)30-41-23-21-39(7)55(65,71-41)52(62)53(63)57-25-17-16-20-42(57)54(64)69-46(36(4)28-40-22-24-43(58)47(29-40)67-11)31-44(59)35(3)27-38(6)50(70-48(60)32-56(8)9)51(68-12)49(61)37(5)26-33;1-5(2,3)4/h13-15,18-19,27,33,35-37,39-43,45-47,50-51,58,65H,16-17,20-26,28-32H2,1-12H3;1H3,(H,2,3,4)/b15-13+,18-14-,34-19+,38-27-;/t33?,35?,36?,37?,39?,40?,41?,42?,43?,45?,46?,47?,50?,51?,55-;/m0./s1. The molecular formula is C56H90N2O17S. The first-order valence-corrected chi connectivity index (χ1v) is 28.6. The number of cyclic esters (lactones) is 1. The summed E-state index contributed by atoms with van der Waals surface area (Å²) in [5, 5.41) is 22.6. The van der Waals surface area contributed by atoms with Gasteiger partial charge in [0.25, 0.3) is 21.8 Å². The van der Waals surface area contributed by atoms with Crippen molar-refractivity contribution in [2.24, 2.45) is 35.5 Å². The highest BCUT2D eigenvalue weighted by Gasteiger charge is 2.53. The van der Waals surface area contributed by atoms with Gasteiger partial charge in [-0.05, 0) is 121 Å². The van der Waals surface area contributed by atoms with Gasteiger partial charge in [0.15, 0.2) is 18.0 Å². The summed E-state index contributed by atoms with van der Waals surface area (Å²) in [6.45, 7) is 12.7. The summed E-state index contributed by atoms with van der Waals surface area (Å²) < 4.78 is 61.6. The molecule has 19 nitrogen and oxygen atoms in total. The number of ketones is 3. The number of nitrogens with zero attached hydrogens (tertiary/aromatic N) is 2. The Morgan fingerprint density at radius 2 is 1.55 bits per heavy atom. The van der Waals surface area contributed by atoms with Crippen molar-refractivity contribution in [1.82, 2.24) is 9.80 Å². The van der Waals surface area contributed by atoms with Gasteiger partial charge in [0.1, 0.15) is 17.9 Å². The number of esters is 2. The fourth-order valence-electron chi connectivity index (χ4n) is 10.7. The maximum atomic E-state index is 14.5. The number of hydrogen-bond acceptors (Lipinski definition) is 17. The molecule has 0 spiro atoms. The summed E-state index contributed by atoms with van der Waals surface area (Å²) in [5.41, 5.74) is 1.30. The molecule has 76 heavy (non-hydrogen) atoms. The topological polar surface area (TPSA) is 259 Å². The Balaban J connectivity index is 0.00000290. The minimum absolute atomic E-state index is 0.0246. The molecule has 2 bridgehead atoms. The van der Waals surface area contributed by atoms with Gasteiger partial charge in [0.05, 0.1) is 37.2 Å². The van der Waals surface area contributed by atoms with Crippen LogP contribution in [0.4, 0.5) is 0 Å². The second kappa shape index (κ2) is 31.0. The number of fused-ring (bicyclic) bond motifs is 3. The van der Waals surface area contributed by atoms with E-state index in [-0.39, 0.29) is 61.4 Å². The van der Waals surface area contributed by atoms with E-state index in [1.807, 2.05) is 58.1 Å². The van der Waals surface area contributed by atoms with Crippen LogP contribution in [0.25, 0.3) is 0 Å². The maximum absolute atomic E-state index is 14.5. The molecule has 20 heteroatoms. The lowest BCUT2D eigenvalue weighted by Crippen LogP contribution is -2.61. The third-order valence-corrected chi connectivity index (χ3v) is 15.2. The predicted octanol–water partition coefficient (Wildman–Crippen LogP) is 5.80. The molecule has 3 N–H and O–H groups in total. The Bertz CT molecular complexity index is 2180. The number of carbonyl (C=O) groups is 6. The molecule has 3 heterocycles. The van der Waals surface area contributed by atoms with Crippen LogP contribution in [0, 0.1) is 35.5 Å². The highest BCUT2D eigenvalue weighted by Crippen LogP contribution is 2.38. The van der Waals surface area contributed by atoms with Crippen LogP contribution in [0.3, 0.4) is 0 Å². The lowest BCUT2D eigenvalue weighted by molar-refractivity contribution is -0.265. The Morgan fingerprint density at radius 3 is 2.17 bits per heavy atom. The molecule has 0 aromatic rings. The van der Waals surface area contributed by atoms with Crippen LogP contribution in [0.15, 0.2) is 47.6 Å². The fraction of sp³-hybridized carbons (Fsp3) is 0.750. The normalized spacial score (nSPS) is 36.2.